The minimum atomic E-state index is -0.00463. The van der Waals surface area contributed by atoms with Gasteiger partial charge in [-0.3, -0.25) is 0 Å². The van der Waals surface area contributed by atoms with Crippen LogP contribution < -0.4 is 11.5 Å². The Bertz CT molecular complexity index is 119. The van der Waals surface area contributed by atoms with Crippen molar-refractivity contribution in [1.29, 1.82) is 0 Å². The standard InChI is InChI=1S/C4H10N4/c1-8-3(5)2-7-4(8)6/h3H,2,5H2,1H3,(H2,6,7). The molecule has 0 amide bonds. The fraction of sp³-hybridized carbons (Fsp3) is 0.750. The van der Waals surface area contributed by atoms with E-state index in [1.54, 1.807) is 4.90 Å². The van der Waals surface area contributed by atoms with Crippen LogP contribution in [0.15, 0.2) is 4.99 Å². The molecule has 0 radical (unpaired) electrons. The number of nitrogens with two attached hydrogens (primary N) is 2. The fourth-order valence-corrected chi connectivity index (χ4v) is 0.591. The normalized spacial score (nSPS) is 28.5. The molecule has 0 fully saturated rings. The van der Waals surface area contributed by atoms with Crippen LogP contribution in [0.5, 0.6) is 0 Å². The molecule has 8 heavy (non-hydrogen) atoms. The number of aliphatic imine (C=N–C) groups is 1. The Morgan fingerprint density at radius 2 is 2.50 bits per heavy atom. The van der Waals surface area contributed by atoms with Crippen LogP contribution in [0.25, 0.3) is 0 Å². The van der Waals surface area contributed by atoms with Gasteiger partial charge in [0.2, 0.25) is 0 Å². The molecule has 0 aromatic heterocycles. The summed E-state index contributed by atoms with van der Waals surface area (Å²) in [6.07, 6.45) is -0.00463. The molecule has 0 aromatic rings. The lowest BCUT2D eigenvalue weighted by atomic mass is 10.5. The number of rotatable bonds is 0. The molecule has 0 aromatic carbocycles. The Morgan fingerprint density at radius 1 is 1.88 bits per heavy atom. The van der Waals surface area contributed by atoms with E-state index in [9.17, 15) is 0 Å². The summed E-state index contributed by atoms with van der Waals surface area (Å²) < 4.78 is 0. The second-order valence-electron chi connectivity index (χ2n) is 1.88. The zero-order valence-electron chi connectivity index (χ0n) is 4.83. The molecule has 1 rings (SSSR count). The molecule has 4 nitrogen and oxygen atoms in total. The maximum atomic E-state index is 5.50. The number of hydrogen-bond donors (Lipinski definition) is 2. The number of hydrogen-bond acceptors (Lipinski definition) is 4. The van der Waals surface area contributed by atoms with Gasteiger partial charge in [0.05, 0.1) is 12.7 Å². The molecule has 1 atom stereocenters. The molecule has 1 aliphatic rings. The quantitative estimate of drug-likeness (QED) is 0.404. The molecule has 46 valence electrons. The van der Waals surface area contributed by atoms with Crippen LogP contribution in [0.4, 0.5) is 0 Å². The molecule has 1 heterocycles. The van der Waals surface area contributed by atoms with Crippen LogP contribution in [-0.2, 0) is 0 Å². The van der Waals surface area contributed by atoms with Gasteiger partial charge in [0.1, 0.15) is 0 Å². The average molecular weight is 114 g/mol. The molecule has 4 heteroatoms. The Balaban J connectivity index is 2.59. The van der Waals surface area contributed by atoms with Crippen molar-refractivity contribution in [2.24, 2.45) is 16.5 Å². The molecule has 0 saturated heterocycles. The highest BCUT2D eigenvalue weighted by Crippen LogP contribution is 1.96. The van der Waals surface area contributed by atoms with E-state index < -0.39 is 0 Å². The first kappa shape index (κ1) is 5.37. The lowest BCUT2D eigenvalue weighted by Crippen LogP contribution is -2.42. The fourth-order valence-electron chi connectivity index (χ4n) is 0.591. The van der Waals surface area contributed by atoms with Crippen molar-refractivity contribution >= 4 is 5.96 Å². The van der Waals surface area contributed by atoms with E-state index in [-0.39, 0.29) is 6.17 Å². The Kier molecular flexibility index (Phi) is 1.09. The summed E-state index contributed by atoms with van der Waals surface area (Å²) in [5.74, 6) is 0.539. The molecular formula is C4H10N4. The largest absolute Gasteiger partial charge is 0.370 e. The first-order valence-electron chi connectivity index (χ1n) is 2.50. The van der Waals surface area contributed by atoms with E-state index in [1.807, 2.05) is 7.05 Å². The number of guanidine groups is 1. The molecule has 4 N–H and O–H groups in total. The highest BCUT2D eigenvalue weighted by molar-refractivity contribution is 5.79. The van der Waals surface area contributed by atoms with E-state index >= 15 is 0 Å². The molecule has 0 saturated carbocycles. The van der Waals surface area contributed by atoms with Gasteiger partial charge in [-0.15, -0.1) is 0 Å². The van der Waals surface area contributed by atoms with E-state index in [2.05, 4.69) is 4.99 Å². The van der Waals surface area contributed by atoms with Crippen molar-refractivity contribution in [3.8, 4) is 0 Å². The predicted octanol–water partition coefficient (Wildman–Crippen LogP) is -1.47. The summed E-state index contributed by atoms with van der Waals surface area (Å²) in [4.78, 5) is 5.64. The maximum absolute atomic E-state index is 5.50. The van der Waals surface area contributed by atoms with Crippen LogP contribution in [0, 0.1) is 0 Å². The predicted molar refractivity (Wildman–Crippen MR) is 32.2 cm³/mol. The first-order chi connectivity index (χ1) is 3.72. The van der Waals surface area contributed by atoms with Crippen LogP contribution in [0.1, 0.15) is 0 Å². The lowest BCUT2D eigenvalue weighted by Gasteiger charge is -2.15. The van der Waals surface area contributed by atoms with Crippen LogP contribution in [0.2, 0.25) is 0 Å². The van der Waals surface area contributed by atoms with E-state index in [0.29, 0.717) is 12.5 Å². The van der Waals surface area contributed by atoms with Gasteiger partial charge in [-0.1, -0.05) is 0 Å². The van der Waals surface area contributed by atoms with Gasteiger partial charge in [-0.25, -0.2) is 4.99 Å². The van der Waals surface area contributed by atoms with Gasteiger partial charge < -0.3 is 16.4 Å². The number of nitrogens with zero attached hydrogens (tertiary/aromatic N) is 2. The third kappa shape index (κ3) is 0.626. The van der Waals surface area contributed by atoms with Gasteiger partial charge in [0, 0.05) is 7.05 Å². The Morgan fingerprint density at radius 3 is 2.62 bits per heavy atom. The topological polar surface area (TPSA) is 67.6 Å². The van der Waals surface area contributed by atoms with Crippen molar-refractivity contribution in [3.05, 3.63) is 0 Å². The monoisotopic (exact) mass is 114 g/mol. The summed E-state index contributed by atoms with van der Waals surface area (Å²) in [6.45, 7) is 0.627. The van der Waals surface area contributed by atoms with Gasteiger partial charge >= 0.3 is 0 Å². The van der Waals surface area contributed by atoms with Crippen molar-refractivity contribution in [3.63, 3.8) is 0 Å². The molecule has 0 aliphatic carbocycles. The second-order valence-corrected chi connectivity index (χ2v) is 1.88. The van der Waals surface area contributed by atoms with Crippen LogP contribution in [0.3, 0.4) is 0 Å². The zero-order chi connectivity index (χ0) is 6.15. The summed E-state index contributed by atoms with van der Waals surface area (Å²) in [5, 5.41) is 0. The van der Waals surface area contributed by atoms with Crippen molar-refractivity contribution < 1.29 is 0 Å². The Labute approximate surface area is 48.2 Å². The highest BCUT2D eigenvalue weighted by atomic mass is 15.3. The summed E-state index contributed by atoms with van der Waals surface area (Å²) in [7, 11) is 1.83. The summed E-state index contributed by atoms with van der Waals surface area (Å²) in [6, 6.07) is 0. The highest BCUT2D eigenvalue weighted by Gasteiger charge is 2.16. The van der Waals surface area contributed by atoms with E-state index in [4.69, 9.17) is 11.5 Å². The molecule has 1 unspecified atom stereocenters. The summed E-state index contributed by atoms with van der Waals surface area (Å²) >= 11 is 0. The van der Waals surface area contributed by atoms with Gasteiger partial charge in [0.25, 0.3) is 0 Å². The maximum Gasteiger partial charge on any atom is 0.192 e. The number of likely N-dealkylation sites (N-methyl/N-ethyl adjacent to an activating group) is 1. The van der Waals surface area contributed by atoms with Crippen molar-refractivity contribution in [1.82, 2.24) is 4.90 Å². The van der Waals surface area contributed by atoms with Gasteiger partial charge in [-0.05, 0) is 0 Å². The molecule has 0 spiro atoms. The van der Waals surface area contributed by atoms with Crippen molar-refractivity contribution in [2.75, 3.05) is 13.6 Å². The average Bonchev–Trinajstić information content (AvgIpc) is 1.98. The molecular weight excluding hydrogens is 104 g/mol. The van der Waals surface area contributed by atoms with E-state index in [1.165, 1.54) is 0 Å². The van der Waals surface area contributed by atoms with Gasteiger partial charge in [0.15, 0.2) is 5.96 Å². The van der Waals surface area contributed by atoms with Crippen LogP contribution in [-0.4, -0.2) is 30.6 Å². The van der Waals surface area contributed by atoms with Crippen molar-refractivity contribution in [2.45, 2.75) is 6.17 Å². The lowest BCUT2D eigenvalue weighted by molar-refractivity contribution is 0.412. The second kappa shape index (κ2) is 1.63. The SMILES string of the molecule is CN1C(N)=NCC1N. The minimum absolute atomic E-state index is 0.00463. The van der Waals surface area contributed by atoms with Gasteiger partial charge in [-0.2, -0.15) is 0 Å². The van der Waals surface area contributed by atoms with E-state index in [0.717, 1.165) is 0 Å². The smallest absolute Gasteiger partial charge is 0.192 e. The third-order valence-electron chi connectivity index (χ3n) is 1.30. The summed E-state index contributed by atoms with van der Waals surface area (Å²) in [5.41, 5.74) is 10.9. The first-order valence-corrected chi connectivity index (χ1v) is 2.50. The molecule has 1 aliphatic heterocycles. The molecule has 0 bridgehead atoms. The van der Waals surface area contributed by atoms with Crippen LogP contribution >= 0.6 is 0 Å². The Hall–Kier alpha value is -0.770. The zero-order valence-corrected chi connectivity index (χ0v) is 4.83. The third-order valence-corrected chi connectivity index (χ3v) is 1.30. The minimum Gasteiger partial charge on any atom is -0.370 e.